The number of halogens is 1. The molecular weight excluding hydrogens is 214 g/mol. The van der Waals surface area contributed by atoms with Crippen LogP contribution in [0.25, 0.3) is 0 Å². The van der Waals surface area contributed by atoms with Crippen LogP contribution in [0, 0.1) is 0 Å². The summed E-state index contributed by atoms with van der Waals surface area (Å²) in [5.41, 5.74) is 0. The van der Waals surface area contributed by atoms with Crippen LogP contribution >= 0.6 is 7.68 Å². The minimum Gasteiger partial charge on any atom is -0.306 e. The Hall–Kier alpha value is 0.120. The van der Waals surface area contributed by atoms with Gasteiger partial charge in [0.05, 0.1) is 12.8 Å². The van der Waals surface area contributed by atoms with Crippen molar-refractivity contribution < 1.29 is 13.3 Å². The quantitative estimate of drug-likeness (QED) is 0.398. The van der Waals surface area contributed by atoms with Crippen molar-refractivity contribution in [2.45, 2.75) is 58.8 Å². The molecule has 15 heavy (non-hydrogen) atoms. The van der Waals surface area contributed by atoms with Crippen molar-refractivity contribution in [1.29, 1.82) is 0 Å². The van der Waals surface area contributed by atoms with E-state index in [0.29, 0.717) is 13.0 Å². The van der Waals surface area contributed by atoms with Gasteiger partial charge in [-0.05, 0) is 12.8 Å². The summed E-state index contributed by atoms with van der Waals surface area (Å²) in [6.45, 7) is 4.29. The lowest BCUT2D eigenvalue weighted by Gasteiger charge is -2.08. The van der Waals surface area contributed by atoms with E-state index in [0.717, 1.165) is 12.8 Å². The number of hydrogen-bond acceptors (Lipinski definition) is 2. The third-order valence-corrected chi connectivity index (χ3v) is 3.82. The van der Waals surface area contributed by atoms with E-state index in [4.69, 9.17) is 4.52 Å². The van der Waals surface area contributed by atoms with Gasteiger partial charge < -0.3 is 4.52 Å². The second kappa shape index (κ2) is 9.35. The molecular formula is C11H24FO2P. The predicted molar refractivity (Wildman–Crippen MR) is 63.2 cm³/mol. The minimum absolute atomic E-state index is 0.0584. The molecule has 0 aromatic rings. The van der Waals surface area contributed by atoms with Crippen molar-refractivity contribution in [1.82, 2.24) is 0 Å². The number of unbranched alkanes of at least 4 members (excludes halogenated alkanes) is 5. The standard InChI is InChI=1S/C11H24FO2P/c1-3-5-6-7-8-9-10-14-15(12,13)11-4-2/h3-11H2,1-2H3. The fourth-order valence-electron chi connectivity index (χ4n) is 1.41. The first-order chi connectivity index (χ1) is 7.12. The summed E-state index contributed by atoms with van der Waals surface area (Å²) in [7, 11) is -3.75. The summed E-state index contributed by atoms with van der Waals surface area (Å²) in [6.07, 6.45) is 7.39. The Morgan fingerprint density at radius 1 is 1.00 bits per heavy atom. The Balaban J connectivity index is 3.26. The van der Waals surface area contributed by atoms with Crippen molar-refractivity contribution in [3.05, 3.63) is 0 Å². The summed E-state index contributed by atoms with van der Waals surface area (Å²) >= 11 is 0. The monoisotopic (exact) mass is 238 g/mol. The third-order valence-electron chi connectivity index (χ3n) is 2.27. The zero-order valence-corrected chi connectivity index (χ0v) is 10.9. The maximum atomic E-state index is 13.1. The molecule has 0 aliphatic heterocycles. The van der Waals surface area contributed by atoms with Gasteiger partial charge in [0.25, 0.3) is 0 Å². The van der Waals surface area contributed by atoms with E-state index >= 15 is 0 Å². The second-order valence-corrected chi connectivity index (χ2v) is 5.80. The molecule has 1 atom stereocenters. The largest absolute Gasteiger partial charge is 0.367 e. The normalized spacial score (nSPS) is 15.1. The maximum absolute atomic E-state index is 13.1. The van der Waals surface area contributed by atoms with Gasteiger partial charge >= 0.3 is 7.68 Å². The van der Waals surface area contributed by atoms with Gasteiger partial charge in [0.2, 0.25) is 0 Å². The van der Waals surface area contributed by atoms with Crippen LogP contribution in [0.3, 0.4) is 0 Å². The Bertz CT molecular complexity index is 185. The highest BCUT2D eigenvalue weighted by molar-refractivity contribution is 7.53. The van der Waals surface area contributed by atoms with Gasteiger partial charge in [0.15, 0.2) is 0 Å². The summed E-state index contributed by atoms with van der Waals surface area (Å²) < 4.78 is 28.9. The van der Waals surface area contributed by atoms with Crippen LogP contribution in [0.1, 0.15) is 58.8 Å². The third kappa shape index (κ3) is 10.4. The molecule has 0 bridgehead atoms. The van der Waals surface area contributed by atoms with Gasteiger partial charge in [0.1, 0.15) is 0 Å². The molecule has 0 saturated heterocycles. The smallest absolute Gasteiger partial charge is 0.306 e. The summed E-state index contributed by atoms with van der Waals surface area (Å²) in [6, 6.07) is 0. The summed E-state index contributed by atoms with van der Waals surface area (Å²) in [5.74, 6) is 0. The zero-order valence-electron chi connectivity index (χ0n) is 10.0. The lowest BCUT2D eigenvalue weighted by atomic mass is 10.1. The van der Waals surface area contributed by atoms with Crippen LogP contribution < -0.4 is 0 Å². The van der Waals surface area contributed by atoms with E-state index in [1.54, 1.807) is 6.92 Å². The molecule has 0 amide bonds. The van der Waals surface area contributed by atoms with Crippen LogP contribution in [-0.2, 0) is 9.09 Å². The predicted octanol–water partition coefficient (Wildman–Crippen LogP) is 4.94. The van der Waals surface area contributed by atoms with Crippen LogP contribution in [0.2, 0.25) is 0 Å². The van der Waals surface area contributed by atoms with Crippen molar-refractivity contribution in [3.8, 4) is 0 Å². The van der Waals surface area contributed by atoms with E-state index in [1.165, 1.54) is 25.7 Å². The van der Waals surface area contributed by atoms with Gasteiger partial charge in [-0.1, -0.05) is 46.0 Å². The molecule has 0 heterocycles. The average molecular weight is 238 g/mol. The van der Waals surface area contributed by atoms with E-state index in [2.05, 4.69) is 6.92 Å². The van der Waals surface area contributed by atoms with E-state index in [1.807, 2.05) is 0 Å². The highest BCUT2D eigenvalue weighted by Gasteiger charge is 2.19. The maximum Gasteiger partial charge on any atom is 0.367 e. The Morgan fingerprint density at radius 3 is 2.20 bits per heavy atom. The van der Waals surface area contributed by atoms with E-state index in [9.17, 15) is 8.76 Å². The van der Waals surface area contributed by atoms with Crippen molar-refractivity contribution in [2.24, 2.45) is 0 Å². The molecule has 0 aromatic heterocycles. The molecule has 0 aromatic carbocycles. The first-order valence-corrected chi connectivity index (χ1v) is 7.75. The van der Waals surface area contributed by atoms with E-state index < -0.39 is 7.68 Å². The molecule has 0 aliphatic rings. The van der Waals surface area contributed by atoms with Crippen molar-refractivity contribution in [2.75, 3.05) is 12.8 Å². The van der Waals surface area contributed by atoms with Gasteiger partial charge in [-0.2, -0.15) is 4.20 Å². The van der Waals surface area contributed by atoms with Crippen molar-refractivity contribution >= 4 is 7.68 Å². The lowest BCUT2D eigenvalue weighted by Crippen LogP contribution is -1.93. The molecule has 4 heteroatoms. The van der Waals surface area contributed by atoms with E-state index in [-0.39, 0.29) is 6.16 Å². The Kier molecular flexibility index (Phi) is 9.43. The zero-order chi connectivity index (χ0) is 11.6. The molecule has 0 spiro atoms. The fourth-order valence-corrected chi connectivity index (χ4v) is 2.48. The Morgan fingerprint density at radius 2 is 1.60 bits per heavy atom. The lowest BCUT2D eigenvalue weighted by molar-refractivity contribution is 0.277. The number of rotatable bonds is 10. The summed E-state index contributed by atoms with van der Waals surface area (Å²) in [4.78, 5) is 0. The van der Waals surface area contributed by atoms with Crippen LogP contribution in [0.5, 0.6) is 0 Å². The first-order valence-electron chi connectivity index (χ1n) is 6.05. The number of hydrogen-bond donors (Lipinski definition) is 0. The molecule has 0 N–H and O–H groups in total. The average Bonchev–Trinajstić information content (AvgIpc) is 2.16. The van der Waals surface area contributed by atoms with Crippen molar-refractivity contribution in [3.63, 3.8) is 0 Å². The topological polar surface area (TPSA) is 26.3 Å². The van der Waals surface area contributed by atoms with Gasteiger partial charge in [-0.25, -0.2) is 0 Å². The molecule has 0 radical (unpaired) electrons. The molecule has 0 fully saturated rings. The Labute approximate surface area is 93.2 Å². The van der Waals surface area contributed by atoms with Gasteiger partial charge in [-0.15, -0.1) is 0 Å². The first kappa shape index (κ1) is 15.1. The molecule has 92 valence electrons. The second-order valence-electron chi connectivity index (χ2n) is 3.91. The molecule has 0 aliphatic carbocycles. The van der Waals surface area contributed by atoms with Crippen LogP contribution in [0.4, 0.5) is 4.20 Å². The fraction of sp³-hybridized carbons (Fsp3) is 1.00. The summed E-state index contributed by atoms with van der Waals surface area (Å²) in [5, 5.41) is 0. The van der Waals surface area contributed by atoms with Crippen LogP contribution in [0.15, 0.2) is 0 Å². The molecule has 1 unspecified atom stereocenters. The van der Waals surface area contributed by atoms with Gasteiger partial charge in [-0.3, -0.25) is 4.57 Å². The van der Waals surface area contributed by atoms with Crippen LogP contribution in [-0.4, -0.2) is 12.8 Å². The SMILES string of the molecule is CCCCCCCCOP(=O)(F)CCC. The highest BCUT2D eigenvalue weighted by atomic mass is 31.2. The molecule has 2 nitrogen and oxygen atoms in total. The van der Waals surface area contributed by atoms with Gasteiger partial charge in [0, 0.05) is 0 Å². The molecule has 0 saturated carbocycles. The highest BCUT2D eigenvalue weighted by Crippen LogP contribution is 2.49. The minimum atomic E-state index is -3.75. The molecule has 0 rings (SSSR count).